The van der Waals surface area contributed by atoms with Crippen molar-refractivity contribution in [2.45, 2.75) is 67.2 Å². The van der Waals surface area contributed by atoms with Crippen molar-refractivity contribution < 1.29 is 18.5 Å². The van der Waals surface area contributed by atoms with Crippen LogP contribution in [0.5, 0.6) is 17.2 Å². The molecule has 1 fully saturated rings. The first-order valence-corrected chi connectivity index (χ1v) is 12.6. The fourth-order valence-electron chi connectivity index (χ4n) is 2.67. The molecule has 2 aromatic carbocycles. The molecule has 1 N–H and O–H groups in total. The predicted molar refractivity (Wildman–Crippen MR) is 143 cm³/mol. The number of benzene rings is 2. The van der Waals surface area contributed by atoms with Crippen molar-refractivity contribution in [1.29, 1.82) is 0 Å². The third kappa shape index (κ3) is 10.3. The van der Waals surface area contributed by atoms with Gasteiger partial charge in [0.05, 0.1) is 26.3 Å². The Balaban J connectivity index is 0. The highest BCUT2D eigenvalue weighted by Crippen LogP contribution is 2.37. The van der Waals surface area contributed by atoms with Crippen molar-refractivity contribution in [2.24, 2.45) is 0 Å². The van der Waals surface area contributed by atoms with Crippen molar-refractivity contribution in [3.05, 3.63) is 42.0 Å². The van der Waals surface area contributed by atoms with Crippen LogP contribution in [0.25, 0.3) is 0 Å². The monoisotopic (exact) mass is 480 g/mol. The summed E-state index contributed by atoms with van der Waals surface area (Å²) in [6, 6.07) is 11.3. The number of rotatable bonds is 6. The Labute approximate surface area is 206 Å². The minimum Gasteiger partial charge on any atom is -0.493 e. The van der Waals surface area contributed by atoms with E-state index >= 15 is 0 Å². The van der Waals surface area contributed by atoms with Crippen LogP contribution in [0.4, 0.5) is 10.5 Å². The molecule has 6 nitrogen and oxygen atoms in total. The first kappa shape index (κ1) is 32.6. The number of urea groups is 1. The van der Waals surface area contributed by atoms with Crippen LogP contribution in [0, 0.1) is 6.92 Å². The third-order valence-corrected chi connectivity index (χ3v) is 4.62. The number of anilines is 1. The largest absolute Gasteiger partial charge is 0.493 e. The number of carbonyl (C=O) groups excluding carboxylic acids is 1. The maximum atomic E-state index is 11.7. The van der Waals surface area contributed by atoms with Gasteiger partial charge < -0.3 is 19.0 Å². The predicted octanol–water partition coefficient (Wildman–Crippen LogP) is 7.73. The van der Waals surface area contributed by atoms with Gasteiger partial charge in [-0.25, -0.2) is 4.79 Å². The van der Waals surface area contributed by atoms with Crippen molar-refractivity contribution in [2.75, 3.05) is 32.2 Å². The van der Waals surface area contributed by atoms with Gasteiger partial charge in [0.15, 0.2) is 11.5 Å². The fraction of sp³-hybridized carbons (Fsp3) is 0.500. The molecule has 188 valence electrons. The van der Waals surface area contributed by atoms with Crippen molar-refractivity contribution in [3.8, 4) is 17.2 Å². The highest BCUT2D eigenvalue weighted by molar-refractivity contribution is 7.95. The van der Waals surface area contributed by atoms with Crippen LogP contribution >= 0.6 is 12.0 Å². The number of hydrogen-bond donors (Lipinski definition) is 1. The highest BCUT2D eigenvalue weighted by atomic mass is 32.2. The summed E-state index contributed by atoms with van der Waals surface area (Å²) in [7, 11) is 3.21. The molecular formula is C26H44N2O4S. The van der Waals surface area contributed by atoms with Gasteiger partial charge in [-0.05, 0) is 42.8 Å². The molecule has 0 aromatic heterocycles. The number of carbonyl (C=O) groups is 1. The van der Waals surface area contributed by atoms with E-state index in [1.807, 2.05) is 92.6 Å². The van der Waals surface area contributed by atoms with E-state index in [9.17, 15) is 4.79 Å². The molecule has 1 saturated heterocycles. The molecule has 0 atom stereocenters. The Kier molecular flexibility index (Phi) is 19.9. The molecular weight excluding hydrogens is 436 g/mol. The Bertz CT molecular complexity index is 768. The molecule has 1 heterocycles. The Morgan fingerprint density at radius 2 is 1.45 bits per heavy atom. The maximum Gasteiger partial charge on any atom is 0.321 e. The Morgan fingerprint density at radius 1 is 0.879 bits per heavy atom. The zero-order chi connectivity index (χ0) is 25.8. The van der Waals surface area contributed by atoms with E-state index in [2.05, 4.69) is 5.32 Å². The topological polar surface area (TPSA) is 60.0 Å². The maximum absolute atomic E-state index is 11.7. The molecule has 0 unspecified atom stereocenters. The van der Waals surface area contributed by atoms with Crippen molar-refractivity contribution in [3.63, 3.8) is 0 Å². The van der Waals surface area contributed by atoms with Crippen LogP contribution < -0.4 is 23.9 Å². The number of nitrogens with zero attached hydrogens (tertiary/aromatic N) is 1. The van der Waals surface area contributed by atoms with Crippen LogP contribution in [0.1, 0.15) is 61.0 Å². The first-order chi connectivity index (χ1) is 16.1. The summed E-state index contributed by atoms with van der Waals surface area (Å²) in [5.74, 6) is 2.02. The van der Waals surface area contributed by atoms with Gasteiger partial charge in [0.25, 0.3) is 0 Å². The van der Waals surface area contributed by atoms with E-state index in [0.29, 0.717) is 30.3 Å². The Hall–Kier alpha value is -2.54. The van der Waals surface area contributed by atoms with Gasteiger partial charge in [-0.15, -0.1) is 0 Å². The molecule has 0 radical (unpaired) electrons. The average Bonchev–Trinajstić information content (AvgIpc) is 3.33. The second-order valence-electron chi connectivity index (χ2n) is 5.52. The van der Waals surface area contributed by atoms with Crippen molar-refractivity contribution >= 4 is 23.8 Å². The minimum absolute atomic E-state index is 0.0579. The molecule has 0 aliphatic carbocycles. The van der Waals surface area contributed by atoms with Crippen LogP contribution in [-0.2, 0) is 0 Å². The van der Waals surface area contributed by atoms with Gasteiger partial charge in [0, 0.05) is 29.7 Å². The second kappa shape index (κ2) is 20.1. The highest BCUT2D eigenvalue weighted by Gasteiger charge is 2.20. The van der Waals surface area contributed by atoms with E-state index in [0.717, 1.165) is 16.1 Å². The number of nitrogens with one attached hydrogen (secondary N) is 1. The number of amides is 2. The third-order valence-electron chi connectivity index (χ3n) is 3.88. The fourth-order valence-corrected chi connectivity index (χ4v) is 3.20. The zero-order valence-corrected chi connectivity index (χ0v) is 23.2. The van der Waals surface area contributed by atoms with Gasteiger partial charge >= 0.3 is 6.03 Å². The molecule has 0 bridgehead atoms. The number of methoxy groups -OCH3 is 2. The first-order valence-electron chi connectivity index (χ1n) is 11.8. The summed E-state index contributed by atoms with van der Waals surface area (Å²) >= 11 is 1.25. The number of ether oxygens (including phenoxy) is 2. The summed E-state index contributed by atoms with van der Waals surface area (Å²) in [5.41, 5.74) is 1.81. The van der Waals surface area contributed by atoms with Crippen LogP contribution in [0.2, 0.25) is 0 Å². The SMILES string of the molecule is CC.CC.CC.CC.COc1cc(OSc2ccc(N3CCNC3=O)cc2)cc(C)c1OC. The molecule has 0 spiro atoms. The molecule has 1 aliphatic heterocycles. The van der Waals surface area contributed by atoms with E-state index in [1.165, 1.54) is 12.0 Å². The molecule has 7 heteroatoms. The summed E-state index contributed by atoms with van der Waals surface area (Å²) in [4.78, 5) is 14.3. The summed E-state index contributed by atoms with van der Waals surface area (Å²) < 4.78 is 16.5. The summed E-state index contributed by atoms with van der Waals surface area (Å²) in [6.07, 6.45) is 0. The van der Waals surface area contributed by atoms with Gasteiger partial charge in [0.1, 0.15) is 5.75 Å². The molecule has 2 aromatic rings. The van der Waals surface area contributed by atoms with Crippen LogP contribution in [-0.4, -0.2) is 33.3 Å². The minimum atomic E-state index is -0.0579. The zero-order valence-electron chi connectivity index (χ0n) is 22.4. The molecule has 33 heavy (non-hydrogen) atoms. The standard InChI is InChI=1S/C18H20N2O4S.4C2H6/c1-12-10-14(11-16(22-2)17(12)23-3)24-25-15-6-4-13(5-7-15)20-9-8-19-18(20)21;4*1-2/h4-7,10-11H,8-9H2,1-3H3,(H,19,21);4*1-2H3. The van der Waals surface area contributed by atoms with Gasteiger partial charge in [-0.2, -0.15) is 0 Å². The average molecular weight is 481 g/mol. The number of aryl methyl sites for hydroxylation is 1. The molecule has 0 saturated carbocycles. The lowest BCUT2D eigenvalue weighted by Crippen LogP contribution is -2.27. The summed E-state index contributed by atoms with van der Waals surface area (Å²) in [6.45, 7) is 19.3. The van der Waals surface area contributed by atoms with Gasteiger partial charge in [0.2, 0.25) is 0 Å². The van der Waals surface area contributed by atoms with Crippen molar-refractivity contribution in [1.82, 2.24) is 5.32 Å². The van der Waals surface area contributed by atoms with Crippen LogP contribution in [0.15, 0.2) is 41.3 Å². The Morgan fingerprint density at radius 3 is 1.91 bits per heavy atom. The van der Waals surface area contributed by atoms with Gasteiger partial charge in [-0.1, -0.05) is 55.4 Å². The van der Waals surface area contributed by atoms with Gasteiger partial charge in [-0.3, -0.25) is 4.90 Å². The lowest BCUT2D eigenvalue weighted by atomic mass is 10.2. The smallest absolute Gasteiger partial charge is 0.321 e. The molecule has 2 amide bonds. The normalized spacial score (nSPS) is 11.0. The lowest BCUT2D eigenvalue weighted by molar-refractivity contribution is 0.252. The van der Waals surface area contributed by atoms with E-state index in [-0.39, 0.29) is 6.03 Å². The van der Waals surface area contributed by atoms with E-state index in [4.69, 9.17) is 13.7 Å². The lowest BCUT2D eigenvalue weighted by Gasteiger charge is -2.15. The number of hydrogen-bond acceptors (Lipinski definition) is 5. The van der Waals surface area contributed by atoms with Crippen LogP contribution in [0.3, 0.4) is 0 Å². The van der Waals surface area contributed by atoms with E-state index in [1.54, 1.807) is 25.2 Å². The molecule has 3 rings (SSSR count). The summed E-state index contributed by atoms with van der Waals surface area (Å²) in [5, 5.41) is 2.79. The van der Waals surface area contributed by atoms with E-state index < -0.39 is 0 Å². The second-order valence-corrected chi connectivity index (χ2v) is 6.32. The molecule has 1 aliphatic rings. The quantitative estimate of drug-likeness (QED) is 0.429.